The van der Waals surface area contributed by atoms with Crippen LogP contribution in [-0.2, 0) is 11.2 Å². The molecule has 5 rings (SSSR count). The summed E-state index contributed by atoms with van der Waals surface area (Å²) in [7, 11) is 0. The summed E-state index contributed by atoms with van der Waals surface area (Å²) in [5.41, 5.74) is 0.391. The average Bonchev–Trinajstić information content (AvgIpc) is 3.68. The van der Waals surface area contributed by atoms with Gasteiger partial charge >= 0.3 is 6.03 Å². The molecule has 3 aliphatic rings. The van der Waals surface area contributed by atoms with E-state index in [2.05, 4.69) is 5.32 Å². The summed E-state index contributed by atoms with van der Waals surface area (Å²) in [6, 6.07) is 13.4. The Bertz CT molecular complexity index is 1110. The minimum absolute atomic E-state index is 0.0131. The van der Waals surface area contributed by atoms with Crippen LogP contribution in [0.1, 0.15) is 41.6 Å². The first-order valence-electron chi connectivity index (χ1n) is 12.2. The maximum atomic E-state index is 13.8. The summed E-state index contributed by atoms with van der Waals surface area (Å²) >= 11 is 1.63. The summed E-state index contributed by atoms with van der Waals surface area (Å²) in [6.45, 7) is 1.49. The number of halogens is 1. The number of urea groups is 1. The van der Waals surface area contributed by atoms with Crippen molar-refractivity contribution in [1.82, 2.24) is 15.1 Å². The number of hydrogen-bond donors (Lipinski definition) is 1. The molecular weight excluding hydrogens is 465 g/mol. The predicted octanol–water partition coefficient (Wildman–Crippen LogP) is 4.34. The van der Waals surface area contributed by atoms with E-state index in [1.165, 1.54) is 17.0 Å². The quantitative estimate of drug-likeness (QED) is 0.458. The Morgan fingerprint density at radius 2 is 1.69 bits per heavy atom. The molecule has 1 atom stereocenters. The molecule has 6 nitrogen and oxygen atoms in total. The summed E-state index contributed by atoms with van der Waals surface area (Å²) in [5.74, 6) is -0.256. The van der Waals surface area contributed by atoms with Crippen molar-refractivity contribution in [2.45, 2.75) is 42.5 Å². The zero-order valence-electron chi connectivity index (χ0n) is 19.8. The molecule has 35 heavy (non-hydrogen) atoms. The number of rotatable bonds is 7. The molecule has 8 heteroatoms. The zero-order valence-corrected chi connectivity index (χ0v) is 20.7. The lowest BCUT2D eigenvalue weighted by atomic mass is 9.73. The number of amides is 4. The topological polar surface area (TPSA) is 69.7 Å². The van der Waals surface area contributed by atoms with Gasteiger partial charge in [-0.05, 0) is 85.7 Å². The highest BCUT2D eigenvalue weighted by Gasteiger charge is 2.56. The van der Waals surface area contributed by atoms with Crippen molar-refractivity contribution < 1.29 is 18.8 Å². The fourth-order valence-corrected chi connectivity index (χ4v) is 5.73. The Morgan fingerprint density at radius 1 is 1.03 bits per heavy atom. The molecule has 2 aromatic rings. The van der Waals surface area contributed by atoms with Crippen LogP contribution in [0.3, 0.4) is 0 Å². The summed E-state index contributed by atoms with van der Waals surface area (Å²) in [6.07, 6.45) is 5.62. The summed E-state index contributed by atoms with van der Waals surface area (Å²) < 4.78 is 13.5. The number of nitrogens with one attached hydrogen (secondary N) is 1. The second-order valence-corrected chi connectivity index (χ2v) is 10.7. The highest BCUT2D eigenvalue weighted by atomic mass is 32.2. The van der Waals surface area contributed by atoms with E-state index in [0.29, 0.717) is 50.4 Å². The number of benzene rings is 2. The SMILES string of the molecule is CSc1ccc(C(=O)N2CCC([C@]3(Cc4ccc(F)cc4)NC(=O)N(CC4CC4)C3=O)CC2)cc1. The molecule has 0 bridgehead atoms. The van der Waals surface area contributed by atoms with Gasteiger partial charge in [0.2, 0.25) is 0 Å². The molecule has 1 aliphatic carbocycles. The molecule has 1 saturated carbocycles. The summed E-state index contributed by atoms with van der Waals surface area (Å²) in [5, 5.41) is 3.06. The molecule has 4 amide bonds. The molecule has 2 aliphatic heterocycles. The van der Waals surface area contributed by atoms with Crippen molar-refractivity contribution in [3.8, 4) is 0 Å². The van der Waals surface area contributed by atoms with Crippen LogP contribution in [-0.4, -0.2) is 59.1 Å². The van der Waals surface area contributed by atoms with Crippen LogP contribution in [0.5, 0.6) is 0 Å². The number of carbonyl (C=O) groups excluding carboxylic acids is 3. The van der Waals surface area contributed by atoms with Gasteiger partial charge in [0, 0.05) is 36.5 Å². The van der Waals surface area contributed by atoms with Gasteiger partial charge in [0.05, 0.1) is 0 Å². The van der Waals surface area contributed by atoms with E-state index in [4.69, 9.17) is 0 Å². The van der Waals surface area contributed by atoms with Crippen LogP contribution in [0.4, 0.5) is 9.18 Å². The highest BCUT2D eigenvalue weighted by molar-refractivity contribution is 7.98. The lowest BCUT2D eigenvalue weighted by Crippen LogP contribution is -2.58. The van der Waals surface area contributed by atoms with Gasteiger partial charge in [-0.2, -0.15) is 0 Å². The lowest BCUT2D eigenvalue weighted by molar-refractivity contribution is -0.134. The Morgan fingerprint density at radius 3 is 2.29 bits per heavy atom. The van der Waals surface area contributed by atoms with Crippen LogP contribution in [0, 0.1) is 17.7 Å². The zero-order chi connectivity index (χ0) is 24.6. The van der Waals surface area contributed by atoms with Gasteiger partial charge in [-0.25, -0.2) is 9.18 Å². The molecule has 2 saturated heterocycles. The second-order valence-electron chi connectivity index (χ2n) is 9.86. The molecular formula is C27H30FN3O3S. The van der Waals surface area contributed by atoms with Crippen LogP contribution >= 0.6 is 11.8 Å². The maximum absolute atomic E-state index is 13.8. The van der Waals surface area contributed by atoms with Gasteiger partial charge in [-0.1, -0.05) is 12.1 Å². The van der Waals surface area contributed by atoms with Crippen LogP contribution in [0.15, 0.2) is 53.4 Å². The molecule has 0 spiro atoms. The van der Waals surface area contributed by atoms with E-state index >= 15 is 0 Å². The maximum Gasteiger partial charge on any atom is 0.325 e. The first kappa shape index (κ1) is 23.9. The predicted molar refractivity (Wildman–Crippen MR) is 133 cm³/mol. The first-order valence-corrected chi connectivity index (χ1v) is 13.4. The first-order chi connectivity index (χ1) is 16.9. The smallest absolute Gasteiger partial charge is 0.325 e. The molecule has 184 valence electrons. The number of piperidine rings is 1. The van der Waals surface area contributed by atoms with Gasteiger partial charge in [0.1, 0.15) is 11.4 Å². The Hall–Kier alpha value is -2.87. The average molecular weight is 496 g/mol. The van der Waals surface area contributed by atoms with Crippen molar-refractivity contribution >= 4 is 29.6 Å². The van der Waals surface area contributed by atoms with E-state index in [9.17, 15) is 18.8 Å². The molecule has 2 aromatic carbocycles. The van der Waals surface area contributed by atoms with Gasteiger partial charge in [-0.3, -0.25) is 14.5 Å². The van der Waals surface area contributed by atoms with Gasteiger partial charge < -0.3 is 10.2 Å². The molecule has 0 radical (unpaired) electrons. The molecule has 3 fully saturated rings. The van der Waals surface area contributed by atoms with Gasteiger partial charge in [0.25, 0.3) is 11.8 Å². The standard InChI is InChI=1S/C27H30FN3O3S/c1-35-23-10-6-20(7-11-23)24(32)30-14-12-21(13-15-30)27(16-18-4-8-22(28)9-5-18)25(33)31(26(34)29-27)17-19-2-3-19/h4-11,19,21H,2-3,12-17H2,1H3,(H,29,34)/t27-/m0/s1. The van der Waals surface area contributed by atoms with Crippen LogP contribution in [0.25, 0.3) is 0 Å². The van der Waals surface area contributed by atoms with Gasteiger partial charge in [0.15, 0.2) is 0 Å². The molecule has 1 N–H and O–H groups in total. The minimum Gasteiger partial charge on any atom is -0.339 e. The second kappa shape index (κ2) is 9.64. The molecule has 2 heterocycles. The largest absolute Gasteiger partial charge is 0.339 e. The van der Waals surface area contributed by atoms with Crippen molar-refractivity contribution in [2.24, 2.45) is 11.8 Å². The minimum atomic E-state index is -1.07. The Balaban J connectivity index is 1.34. The number of hydrogen-bond acceptors (Lipinski definition) is 4. The van der Waals surface area contributed by atoms with E-state index in [1.807, 2.05) is 35.4 Å². The normalized spacial score (nSPS) is 23.0. The monoisotopic (exact) mass is 495 g/mol. The number of carbonyl (C=O) groups is 3. The van der Waals surface area contributed by atoms with Gasteiger partial charge in [-0.15, -0.1) is 11.8 Å². The van der Waals surface area contributed by atoms with E-state index in [1.54, 1.807) is 23.9 Å². The van der Waals surface area contributed by atoms with E-state index in [-0.39, 0.29) is 29.6 Å². The summed E-state index contributed by atoms with van der Waals surface area (Å²) in [4.78, 5) is 44.1. The fraction of sp³-hybridized carbons (Fsp3) is 0.444. The van der Waals surface area contributed by atoms with Crippen molar-refractivity contribution in [3.05, 3.63) is 65.5 Å². The fourth-order valence-electron chi connectivity index (χ4n) is 5.33. The highest BCUT2D eigenvalue weighted by Crippen LogP contribution is 2.39. The van der Waals surface area contributed by atoms with Crippen molar-refractivity contribution in [2.75, 3.05) is 25.9 Å². The van der Waals surface area contributed by atoms with E-state index < -0.39 is 5.54 Å². The lowest BCUT2D eigenvalue weighted by Gasteiger charge is -2.41. The Labute approximate surface area is 209 Å². The van der Waals surface area contributed by atoms with Crippen LogP contribution in [0.2, 0.25) is 0 Å². The van der Waals surface area contributed by atoms with E-state index in [0.717, 1.165) is 23.3 Å². The third-order valence-electron chi connectivity index (χ3n) is 7.55. The third-order valence-corrected chi connectivity index (χ3v) is 8.30. The molecule has 0 unspecified atom stereocenters. The van der Waals surface area contributed by atoms with Crippen LogP contribution < -0.4 is 5.32 Å². The number of nitrogens with zero attached hydrogens (tertiary/aromatic N) is 2. The van der Waals surface area contributed by atoms with Crippen molar-refractivity contribution in [3.63, 3.8) is 0 Å². The van der Waals surface area contributed by atoms with Crippen molar-refractivity contribution in [1.29, 1.82) is 0 Å². The number of imide groups is 1. The molecule has 0 aromatic heterocycles. The number of likely N-dealkylation sites (tertiary alicyclic amines) is 1. The third kappa shape index (κ3) is 4.81. The number of thioether (sulfide) groups is 1. The Kier molecular flexibility index (Phi) is 6.57.